The minimum absolute atomic E-state index is 0.0411. The van der Waals surface area contributed by atoms with Gasteiger partial charge in [-0.2, -0.15) is 0 Å². The predicted octanol–water partition coefficient (Wildman–Crippen LogP) is 1.44. The molecular weight excluding hydrogens is 382 g/mol. The van der Waals surface area contributed by atoms with Gasteiger partial charge in [0.2, 0.25) is 0 Å². The van der Waals surface area contributed by atoms with Gasteiger partial charge in [-0.1, -0.05) is 12.0 Å². The summed E-state index contributed by atoms with van der Waals surface area (Å²) in [6.07, 6.45) is 2.92. The standard InChI is InChI=1S/C19H21N3O5S/c1-3-4-12-27-16-7-9-17(10-8-16)28(25,26)19(15-6-5-11-20-13-15)21-14(2)18(23)22-24/h5-11,13-14,19,21,24H,12H2,1-2H3,(H,22,23). The number of sulfone groups is 1. The number of carbonyl (C=O) groups excluding carboxylic acids is 1. The summed E-state index contributed by atoms with van der Waals surface area (Å²) in [6.45, 7) is 3.34. The Morgan fingerprint density at radius 3 is 2.57 bits per heavy atom. The maximum absolute atomic E-state index is 13.2. The monoisotopic (exact) mass is 403 g/mol. The first-order chi connectivity index (χ1) is 13.4. The highest BCUT2D eigenvalue weighted by atomic mass is 32.2. The molecule has 0 bridgehead atoms. The molecule has 0 spiro atoms. The van der Waals surface area contributed by atoms with Gasteiger partial charge in [0.25, 0.3) is 5.91 Å². The van der Waals surface area contributed by atoms with Crippen LogP contribution in [0.1, 0.15) is 24.8 Å². The second-order valence-electron chi connectivity index (χ2n) is 5.76. The molecule has 0 fully saturated rings. The quantitative estimate of drug-likeness (QED) is 0.347. The number of amides is 1. The third-order valence-corrected chi connectivity index (χ3v) is 5.80. The molecule has 2 rings (SSSR count). The number of aromatic nitrogens is 1. The van der Waals surface area contributed by atoms with Gasteiger partial charge in [-0.15, -0.1) is 5.92 Å². The van der Waals surface area contributed by atoms with Crippen LogP contribution in [0.15, 0.2) is 53.7 Å². The van der Waals surface area contributed by atoms with Gasteiger partial charge in [0, 0.05) is 18.0 Å². The highest BCUT2D eigenvalue weighted by molar-refractivity contribution is 7.91. The van der Waals surface area contributed by atoms with Crippen LogP contribution in [0.3, 0.4) is 0 Å². The molecule has 28 heavy (non-hydrogen) atoms. The van der Waals surface area contributed by atoms with Gasteiger partial charge in [0.1, 0.15) is 17.7 Å². The van der Waals surface area contributed by atoms with Crippen LogP contribution in [-0.4, -0.2) is 37.2 Å². The molecule has 0 aliphatic carbocycles. The molecular formula is C19H21N3O5S. The van der Waals surface area contributed by atoms with Crippen molar-refractivity contribution in [2.45, 2.75) is 30.2 Å². The highest BCUT2D eigenvalue weighted by Crippen LogP contribution is 2.28. The van der Waals surface area contributed by atoms with Gasteiger partial charge in [-0.05, 0) is 44.2 Å². The fraction of sp³-hybridized carbons (Fsp3) is 0.263. The Hall–Kier alpha value is -2.93. The van der Waals surface area contributed by atoms with E-state index in [0.717, 1.165) is 0 Å². The zero-order valence-electron chi connectivity index (χ0n) is 15.4. The lowest BCUT2D eigenvalue weighted by atomic mass is 10.2. The van der Waals surface area contributed by atoms with Gasteiger partial charge in [-0.3, -0.25) is 20.3 Å². The first kappa shape index (κ1) is 21.4. The number of hydroxylamine groups is 1. The zero-order chi connectivity index (χ0) is 20.6. The Kier molecular flexibility index (Phi) is 7.52. The maximum atomic E-state index is 13.2. The van der Waals surface area contributed by atoms with Gasteiger partial charge in [0.05, 0.1) is 10.9 Å². The van der Waals surface area contributed by atoms with E-state index in [0.29, 0.717) is 11.3 Å². The molecule has 0 saturated carbocycles. The van der Waals surface area contributed by atoms with E-state index in [-0.39, 0.29) is 11.5 Å². The fourth-order valence-corrected chi connectivity index (χ4v) is 4.02. The van der Waals surface area contributed by atoms with Gasteiger partial charge in [0.15, 0.2) is 9.84 Å². The van der Waals surface area contributed by atoms with Gasteiger partial charge >= 0.3 is 0 Å². The number of nitrogens with zero attached hydrogens (tertiary/aromatic N) is 1. The van der Waals surface area contributed by atoms with Crippen LogP contribution in [-0.2, 0) is 14.6 Å². The van der Waals surface area contributed by atoms with Crippen LogP contribution in [0, 0.1) is 11.8 Å². The Morgan fingerprint density at radius 1 is 1.29 bits per heavy atom. The maximum Gasteiger partial charge on any atom is 0.260 e. The third-order valence-electron chi connectivity index (χ3n) is 3.84. The van der Waals surface area contributed by atoms with Crippen molar-refractivity contribution in [3.05, 3.63) is 54.4 Å². The van der Waals surface area contributed by atoms with Crippen molar-refractivity contribution in [3.63, 3.8) is 0 Å². The van der Waals surface area contributed by atoms with E-state index in [1.54, 1.807) is 19.1 Å². The minimum atomic E-state index is -3.93. The highest BCUT2D eigenvalue weighted by Gasteiger charge is 2.32. The van der Waals surface area contributed by atoms with Crippen molar-refractivity contribution in [3.8, 4) is 17.6 Å². The lowest BCUT2D eigenvalue weighted by Crippen LogP contribution is -2.44. The van der Waals surface area contributed by atoms with E-state index in [1.165, 1.54) is 49.1 Å². The smallest absolute Gasteiger partial charge is 0.260 e. The van der Waals surface area contributed by atoms with Crippen LogP contribution < -0.4 is 15.5 Å². The van der Waals surface area contributed by atoms with Crippen molar-refractivity contribution < 1.29 is 23.2 Å². The third kappa shape index (κ3) is 5.29. The summed E-state index contributed by atoms with van der Waals surface area (Å²) in [5.74, 6) is 5.18. The van der Waals surface area contributed by atoms with Crippen molar-refractivity contribution in [2.24, 2.45) is 0 Å². The first-order valence-corrected chi connectivity index (χ1v) is 9.91. The van der Waals surface area contributed by atoms with E-state index < -0.39 is 27.2 Å². The van der Waals surface area contributed by atoms with E-state index in [4.69, 9.17) is 9.94 Å². The number of ether oxygens (including phenoxy) is 1. The minimum Gasteiger partial charge on any atom is -0.481 e. The second kappa shape index (κ2) is 9.85. The average molecular weight is 403 g/mol. The molecule has 1 aromatic heterocycles. The fourth-order valence-electron chi connectivity index (χ4n) is 2.35. The lowest BCUT2D eigenvalue weighted by Gasteiger charge is -2.22. The SMILES string of the molecule is CC#CCOc1ccc(S(=O)(=O)C(NC(C)C(=O)NO)c2cccnc2)cc1. The number of benzene rings is 1. The first-order valence-electron chi connectivity index (χ1n) is 8.36. The zero-order valence-corrected chi connectivity index (χ0v) is 16.2. The molecule has 2 atom stereocenters. The summed E-state index contributed by atoms with van der Waals surface area (Å²) in [5.41, 5.74) is 1.86. The van der Waals surface area contributed by atoms with E-state index >= 15 is 0 Å². The number of rotatable bonds is 8. The molecule has 1 amide bonds. The molecule has 9 heteroatoms. The predicted molar refractivity (Wildman–Crippen MR) is 102 cm³/mol. The molecule has 2 unspecified atom stereocenters. The van der Waals surface area contributed by atoms with Crippen molar-refractivity contribution in [1.82, 2.24) is 15.8 Å². The second-order valence-corrected chi connectivity index (χ2v) is 7.80. The molecule has 148 valence electrons. The van der Waals surface area contributed by atoms with E-state index in [9.17, 15) is 13.2 Å². The molecule has 1 heterocycles. The average Bonchev–Trinajstić information content (AvgIpc) is 2.72. The topological polar surface area (TPSA) is 118 Å². The van der Waals surface area contributed by atoms with Gasteiger partial charge < -0.3 is 4.74 Å². The number of hydrogen-bond donors (Lipinski definition) is 3. The van der Waals surface area contributed by atoms with Crippen molar-refractivity contribution >= 4 is 15.7 Å². The van der Waals surface area contributed by atoms with Crippen LogP contribution in [0.25, 0.3) is 0 Å². The van der Waals surface area contributed by atoms with Crippen molar-refractivity contribution in [2.75, 3.05) is 6.61 Å². The molecule has 3 N–H and O–H groups in total. The normalized spacial score (nSPS) is 13.0. The number of carbonyl (C=O) groups is 1. The van der Waals surface area contributed by atoms with E-state index in [1.807, 2.05) is 0 Å². The van der Waals surface area contributed by atoms with Crippen LogP contribution >= 0.6 is 0 Å². The summed E-state index contributed by atoms with van der Waals surface area (Å²) < 4.78 is 31.8. The summed E-state index contributed by atoms with van der Waals surface area (Å²) in [4.78, 5) is 15.6. The molecule has 0 aliphatic heterocycles. The lowest BCUT2D eigenvalue weighted by molar-refractivity contribution is -0.131. The molecule has 0 aliphatic rings. The number of pyridine rings is 1. The molecule has 8 nitrogen and oxygen atoms in total. The molecule has 0 radical (unpaired) electrons. The Labute approximate surface area is 163 Å². The van der Waals surface area contributed by atoms with Gasteiger partial charge in [-0.25, -0.2) is 13.9 Å². The Balaban J connectivity index is 2.34. The Morgan fingerprint density at radius 2 is 2.00 bits per heavy atom. The summed E-state index contributed by atoms with van der Waals surface area (Å²) in [7, 11) is -3.93. The van der Waals surface area contributed by atoms with Crippen LogP contribution in [0.2, 0.25) is 0 Å². The largest absolute Gasteiger partial charge is 0.481 e. The number of hydrogen-bond acceptors (Lipinski definition) is 7. The molecule has 1 aromatic carbocycles. The van der Waals surface area contributed by atoms with E-state index in [2.05, 4.69) is 22.1 Å². The molecule has 0 saturated heterocycles. The molecule has 2 aromatic rings. The Bertz CT molecular complexity index is 951. The number of nitrogens with one attached hydrogen (secondary N) is 2. The summed E-state index contributed by atoms with van der Waals surface area (Å²) >= 11 is 0. The summed E-state index contributed by atoms with van der Waals surface area (Å²) in [6, 6.07) is 8.13. The van der Waals surface area contributed by atoms with Crippen LogP contribution in [0.5, 0.6) is 5.75 Å². The summed E-state index contributed by atoms with van der Waals surface area (Å²) in [5, 5.41) is 10.3. The van der Waals surface area contributed by atoms with Crippen LogP contribution in [0.4, 0.5) is 0 Å². The van der Waals surface area contributed by atoms with Crippen molar-refractivity contribution in [1.29, 1.82) is 0 Å².